The van der Waals surface area contributed by atoms with Crippen LogP contribution >= 0.6 is 0 Å². The van der Waals surface area contributed by atoms with Crippen LogP contribution in [0, 0.1) is 6.92 Å². The molecule has 4 heterocycles. The highest BCUT2D eigenvalue weighted by Gasteiger charge is 2.39. The van der Waals surface area contributed by atoms with Crippen molar-refractivity contribution in [1.29, 1.82) is 0 Å². The number of nitrogens with one attached hydrogen (secondary N) is 1. The zero-order chi connectivity index (χ0) is 23.7. The van der Waals surface area contributed by atoms with Gasteiger partial charge in [-0.1, -0.05) is 19.8 Å². The molecule has 2 aliphatic rings. The number of anilines is 4. The Morgan fingerprint density at radius 1 is 1.18 bits per heavy atom. The van der Waals surface area contributed by atoms with E-state index in [4.69, 9.17) is 9.72 Å². The minimum absolute atomic E-state index is 0.137. The van der Waals surface area contributed by atoms with Gasteiger partial charge in [-0.05, 0) is 38.3 Å². The van der Waals surface area contributed by atoms with Crippen molar-refractivity contribution < 1.29 is 9.53 Å². The van der Waals surface area contributed by atoms with Crippen LogP contribution in [0.3, 0.4) is 0 Å². The predicted molar refractivity (Wildman–Crippen MR) is 132 cm³/mol. The van der Waals surface area contributed by atoms with Gasteiger partial charge in [-0.15, -0.1) is 0 Å². The number of rotatable bonds is 6. The molecule has 1 amide bonds. The lowest BCUT2D eigenvalue weighted by Crippen LogP contribution is -2.54. The molecule has 1 unspecified atom stereocenters. The molecule has 1 saturated heterocycles. The Labute approximate surface area is 199 Å². The number of aryl methyl sites for hydroxylation is 1. The largest absolute Gasteiger partial charge is 0.494 e. The molecule has 2 aliphatic heterocycles. The minimum atomic E-state index is -0.137. The van der Waals surface area contributed by atoms with Crippen molar-refractivity contribution in [3.05, 3.63) is 42.6 Å². The lowest BCUT2D eigenvalue weighted by atomic mass is 10.1. The highest BCUT2D eigenvalue weighted by atomic mass is 16.5. The molecular weight excluding hydrogens is 430 g/mol. The van der Waals surface area contributed by atoms with Crippen LogP contribution in [0.5, 0.6) is 5.75 Å². The number of amides is 1. The van der Waals surface area contributed by atoms with E-state index in [0.29, 0.717) is 18.2 Å². The van der Waals surface area contributed by atoms with Gasteiger partial charge in [0.1, 0.15) is 17.5 Å². The molecule has 1 N–H and O–H groups in total. The summed E-state index contributed by atoms with van der Waals surface area (Å²) in [7, 11) is 1.65. The first-order chi connectivity index (χ1) is 16.6. The standard InChI is InChI=1S/C25H31N7O2/c1-4-11-32-21-14-26-25(29-23(21)31-12-7-5-6-8-20(31)24(32)33)28-18-9-10-19(22(13-18)34-3)30-15-17(2)27-16-30/h9-10,13-16,20H,4-8,11-12H2,1-3H3,(H,26,28,29). The van der Waals surface area contributed by atoms with Gasteiger partial charge in [-0.2, -0.15) is 4.98 Å². The lowest BCUT2D eigenvalue weighted by Gasteiger charge is -2.41. The van der Waals surface area contributed by atoms with Gasteiger partial charge >= 0.3 is 0 Å². The third-order valence-electron chi connectivity index (χ3n) is 6.49. The van der Waals surface area contributed by atoms with E-state index in [-0.39, 0.29) is 11.9 Å². The molecule has 9 nitrogen and oxygen atoms in total. The molecule has 1 aromatic carbocycles. The maximum atomic E-state index is 13.3. The van der Waals surface area contributed by atoms with Crippen molar-refractivity contribution >= 4 is 29.0 Å². The van der Waals surface area contributed by atoms with E-state index >= 15 is 0 Å². The molecule has 0 bridgehead atoms. The quantitative estimate of drug-likeness (QED) is 0.588. The second kappa shape index (κ2) is 9.32. The van der Waals surface area contributed by atoms with Crippen molar-refractivity contribution in [1.82, 2.24) is 19.5 Å². The van der Waals surface area contributed by atoms with Crippen LogP contribution in [0.25, 0.3) is 5.69 Å². The highest BCUT2D eigenvalue weighted by Crippen LogP contribution is 2.38. The number of imidazole rings is 1. The van der Waals surface area contributed by atoms with E-state index in [2.05, 4.69) is 27.1 Å². The van der Waals surface area contributed by atoms with Crippen LogP contribution < -0.4 is 19.9 Å². The van der Waals surface area contributed by atoms with Gasteiger partial charge < -0.3 is 24.4 Å². The zero-order valence-electron chi connectivity index (χ0n) is 20.0. The van der Waals surface area contributed by atoms with Crippen LogP contribution in [-0.2, 0) is 4.79 Å². The Hall–Kier alpha value is -3.62. The third kappa shape index (κ3) is 4.06. The molecule has 178 valence electrons. The van der Waals surface area contributed by atoms with Crippen LogP contribution in [0.1, 0.15) is 44.7 Å². The third-order valence-corrected chi connectivity index (χ3v) is 6.49. The number of carbonyl (C=O) groups excluding carboxylic acids is 1. The Balaban J connectivity index is 1.47. The molecule has 5 rings (SSSR count). The van der Waals surface area contributed by atoms with Crippen molar-refractivity contribution in [2.45, 2.75) is 52.0 Å². The van der Waals surface area contributed by atoms with Crippen LogP contribution in [0.4, 0.5) is 23.1 Å². The second-order valence-electron chi connectivity index (χ2n) is 8.88. The number of hydrogen-bond donors (Lipinski definition) is 1. The molecule has 0 aliphatic carbocycles. The molecule has 1 atom stereocenters. The number of benzene rings is 1. The summed E-state index contributed by atoms with van der Waals surface area (Å²) in [6, 6.07) is 5.74. The molecular formula is C25H31N7O2. The number of carbonyl (C=O) groups is 1. The van der Waals surface area contributed by atoms with Crippen molar-refractivity contribution in [3.63, 3.8) is 0 Å². The van der Waals surface area contributed by atoms with Gasteiger partial charge in [0.25, 0.3) is 0 Å². The smallest absolute Gasteiger partial charge is 0.249 e. The topological polar surface area (TPSA) is 88.4 Å². The number of aromatic nitrogens is 4. The van der Waals surface area contributed by atoms with Gasteiger partial charge in [-0.25, -0.2) is 9.97 Å². The fourth-order valence-electron chi connectivity index (χ4n) is 4.85. The summed E-state index contributed by atoms with van der Waals surface area (Å²) in [4.78, 5) is 31.1. The zero-order valence-corrected chi connectivity index (χ0v) is 20.0. The fourth-order valence-corrected chi connectivity index (χ4v) is 4.85. The van der Waals surface area contributed by atoms with Gasteiger partial charge in [0.15, 0.2) is 5.82 Å². The summed E-state index contributed by atoms with van der Waals surface area (Å²) in [5.74, 6) is 2.24. The molecule has 34 heavy (non-hydrogen) atoms. The van der Waals surface area contributed by atoms with Crippen LogP contribution in [0.15, 0.2) is 36.9 Å². The van der Waals surface area contributed by atoms with Crippen molar-refractivity contribution in [2.75, 3.05) is 35.3 Å². The van der Waals surface area contributed by atoms with E-state index in [9.17, 15) is 4.79 Å². The van der Waals surface area contributed by atoms with Crippen LogP contribution in [-0.4, -0.2) is 51.7 Å². The van der Waals surface area contributed by atoms with Gasteiger partial charge in [-0.3, -0.25) is 4.79 Å². The number of fused-ring (bicyclic) bond motifs is 3. The predicted octanol–water partition coefficient (Wildman–Crippen LogP) is 4.23. The van der Waals surface area contributed by atoms with Crippen molar-refractivity contribution in [3.8, 4) is 11.4 Å². The van der Waals surface area contributed by atoms with E-state index in [1.54, 1.807) is 19.6 Å². The van der Waals surface area contributed by atoms with Crippen LogP contribution in [0.2, 0.25) is 0 Å². The Bertz CT molecular complexity index is 1190. The van der Waals surface area contributed by atoms with Gasteiger partial charge in [0.2, 0.25) is 11.9 Å². The first-order valence-corrected chi connectivity index (χ1v) is 12.0. The molecule has 9 heteroatoms. The summed E-state index contributed by atoms with van der Waals surface area (Å²) < 4.78 is 7.57. The van der Waals surface area contributed by atoms with Gasteiger partial charge in [0.05, 0.1) is 31.0 Å². The molecule has 2 aromatic heterocycles. The number of ether oxygens (including phenoxy) is 1. The number of methoxy groups -OCH3 is 1. The average Bonchev–Trinajstić information content (AvgIpc) is 3.12. The Kier molecular flexibility index (Phi) is 6.08. The maximum Gasteiger partial charge on any atom is 0.249 e. The van der Waals surface area contributed by atoms with Gasteiger partial charge in [0, 0.05) is 31.0 Å². The first-order valence-electron chi connectivity index (χ1n) is 12.0. The molecule has 3 aromatic rings. The average molecular weight is 462 g/mol. The van der Waals surface area contributed by atoms with E-state index < -0.39 is 0 Å². The lowest BCUT2D eigenvalue weighted by molar-refractivity contribution is -0.120. The van der Waals surface area contributed by atoms with E-state index in [0.717, 1.165) is 67.2 Å². The summed E-state index contributed by atoms with van der Waals surface area (Å²) in [5, 5.41) is 3.32. The number of hydrogen-bond acceptors (Lipinski definition) is 7. The first kappa shape index (κ1) is 22.2. The molecule has 1 fully saturated rings. The summed E-state index contributed by atoms with van der Waals surface area (Å²) in [5.41, 5.74) is 3.47. The maximum absolute atomic E-state index is 13.3. The fraction of sp³-hybridized carbons (Fsp3) is 0.440. The Morgan fingerprint density at radius 2 is 2.06 bits per heavy atom. The minimum Gasteiger partial charge on any atom is -0.494 e. The number of nitrogens with zero attached hydrogens (tertiary/aromatic N) is 6. The molecule has 0 spiro atoms. The summed E-state index contributed by atoms with van der Waals surface area (Å²) in [6.45, 7) is 5.56. The normalized spacial score (nSPS) is 17.7. The van der Waals surface area contributed by atoms with E-state index in [1.807, 2.05) is 40.8 Å². The highest BCUT2D eigenvalue weighted by molar-refractivity contribution is 6.04. The monoisotopic (exact) mass is 461 g/mol. The molecule has 0 radical (unpaired) electrons. The Morgan fingerprint density at radius 3 is 2.82 bits per heavy atom. The van der Waals surface area contributed by atoms with Crippen molar-refractivity contribution in [2.24, 2.45) is 0 Å². The second-order valence-corrected chi connectivity index (χ2v) is 8.88. The summed E-state index contributed by atoms with van der Waals surface area (Å²) in [6.07, 6.45) is 10.5. The molecule has 0 saturated carbocycles. The summed E-state index contributed by atoms with van der Waals surface area (Å²) >= 11 is 0. The SMILES string of the molecule is CCCN1C(=O)C2CCCCCN2c2nc(Nc3ccc(-n4cnc(C)c4)c(OC)c3)ncc21. The van der Waals surface area contributed by atoms with E-state index in [1.165, 1.54) is 0 Å².